The van der Waals surface area contributed by atoms with Gasteiger partial charge in [-0.2, -0.15) is 0 Å². The lowest BCUT2D eigenvalue weighted by atomic mass is 9.96. The lowest BCUT2D eigenvalue weighted by molar-refractivity contribution is -0.101. The first-order valence-electron chi connectivity index (χ1n) is 9.16. The number of benzene rings is 3. The van der Waals surface area contributed by atoms with E-state index in [0.717, 1.165) is 5.06 Å². The van der Waals surface area contributed by atoms with Crippen molar-refractivity contribution < 1.29 is 29.0 Å². The molecule has 3 aromatic carbocycles. The van der Waals surface area contributed by atoms with Crippen molar-refractivity contribution in [2.24, 2.45) is 0 Å². The first-order chi connectivity index (χ1) is 14.5. The van der Waals surface area contributed by atoms with Gasteiger partial charge in [-0.15, -0.1) is 5.06 Å². The van der Waals surface area contributed by atoms with Gasteiger partial charge in [0.2, 0.25) is 0 Å². The molecule has 4 rings (SSSR count). The maximum atomic E-state index is 13.0. The zero-order chi connectivity index (χ0) is 21.3. The molecule has 0 fully saturated rings. The summed E-state index contributed by atoms with van der Waals surface area (Å²) in [6.07, 6.45) is 0. The zero-order valence-electron chi connectivity index (χ0n) is 16.4. The predicted octanol–water partition coefficient (Wildman–Crippen LogP) is 4.24. The standard InChI is InChI=1S/C23H18NO6/c1-28-19-11-8-15(12-20(19)29-2)17-4-3-5-18-21(17)23(27)24(22(18)26)30-13-14-6-9-16(25)10-7-14/h3-12H,13H2,1-2H3. The summed E-state index contributed by atoms with van der Waals surface area (Å²) in [4.78, 5) is 31.3. The van der Waals surface area contributed by atoms with Gasteiger partial charge in [-0.25, -0.2) is 0 Å². The smallest absolute Gasteiger partial charge is 0.286 e. The Labute approximate surface area is 173 Å². The molecule has 1 aliphatic heterocycles. The average molecular weight is 404 g/mol. The molecule has 0 unspecified atom stereocenters. The fourth-order valence-corrected chi connectivity index (χ4v) is 3.35. The maximum Gasteiger partial charge on any atom is 0.286 e. The number of nitrogens with zero attached hydrogens (tertiary/aromatic N) is 1. The van der Waals surface area contributed by atoms with Gasteiger partial charge in [0.1, 0.15) is 6.61 Å². The number of fused-ring (bicyclic) bond motifs is 1. The number of carbonyl (C=O) groups is 2. The Morgan fingerprint density at radius 2 is 1.50 bits per heavy atom. The number of hydrogen-bond acceptors (Lipinski definition) is 5. The summed E-state index contributed by atoms with van der Waals surface area (Å²) in [5.41, 5.74) is 2.50. The van der Waals surface area contributed by atoms with Crippen molar-refractivity contribution in [3.05, 3.63) is 77.4 Å². The van der Waals surface area contributed by atoms with Gasteiger partial charge in [-0.05, 0) is 47.0 Å². The lowest BCUT2D eigenvalue weighted by Crippen LogP contribution is -2.29. The van der Waals surface area contributed by atoms with Crippen LogP contribution in [0.1, 0.15) is 26.3 Å². The van der Waals surface area contributed by atoms with Crippen LogP contribution in [0.5, 0.6) is 17.2 Å². The van der Waals surface area contributed by atoms with E-state index in [4.69, 9.17) is 14.3 Å². The van der Waals surface area contributed by atoms with Crippen molar-refractivity contribution in [3.8, 4) is 28.4 Å². The molecule has 1 aliphatic rings. The summed E-state index contributed by atoms with van der Waals surface area (Å²) in [6, 6.07) is 16.3. The molecule has 2 amide bonds. The third kappa shape index (κ3) is 3.35. The van der Waals surface area contributed by atoms with Gasteiger partial charge in [-0.1, -0.05) is 30.3 Å². The Morgan fingerprint density at radius 1 is 0.800 bits per heavy atom. The summed E-state index contributed by atoms with van der Waals surface area (Å²) < 4.78 is 10.6. The molecule has 0 saturated heterocycles. The summed E-state index contributed by atoms with van der Waals surface area (Å²) in [7, 11) is 3.07. The molecule has 0 saturated carbocycles. The van der Waals surface area contributed by atoms with Crippen LogP contribution < -0.4 is 9.47 Å². The van der Waals surface area contributed by atoms with Crippen LogP contribution in [0.2, 0.25) is 0 Å². The van der Waals surface area contributed by atoms with Gasteiger partial charge >= 0.3 is 0 Å². The molecular weight excluding hydrogens is 386 g/mol. The highest BCUT2D eigenvalue weighted by Crippen LogP contribution is 2.37. The molecule has 151 valence electrons. The average Bonchev–Trinajstić information content (AvgIpc) is 3.02. The summed E-state index contributed by atoms with van der Waals surface area (Å²) in [5.74, 6) is -0.123. The van der Waals surface area contributed by atoms with E-state index in [-0.39, 0.29) is 23.5 Å². The van der Waals surface area contributed by atoms with Crippen LogP contribution >= 0.6 is 0 Å². The SMILES string of the molecule is COc1ccc(-c2cccc3c2C(=O)N(OCc2ccc([O])cc2)C3=O)cc1OC. The van der Waals surface area contributed by atoms with E-state index >= 15 is 0 Å². The van der Waals surface area contributed by atoms with Crippen LogP contribution in [-0.4, -0.2) is 31.1 Å². The molecule has 7 heteroatoms. The highest BCUT2D eigenvalue weighted by atomic mass is 16.7. The second kappa shape index (κ2) is 7.88. The molecule has 0 N–H and O–H groups in total. The number of ether oxygens (including phenoxy) is 2. The van der Waals surface area contributed by atoms with Gasteiger partial charge in [0.25, 0.3) is 11.8 Å². The van der Waals surface area contributed by atoms with E-state index in [1.807, 2.05) is 0 Å². The van der Waals surface area contributed by atoms with E-state index in [1.54, 1.807) is 55.6 Å². The molecule has 30 heavy (non-hydrogen) atoms. The van der Waals surface area contributed by atoms with Crippen molar-refractivity contribution >= 4 is 11.8 Å². The van der Waals surface area contributed by atoms with Crippen molar-refractivity contribution in [2.75, 3.05) is 14.2 Å². The fraction of sp³-hybridized carbons (Fsp3) is 0.130. The largest absolute Gasteiger partial charge is 0.493 e. The second-order valence-electron chi connectivity index (χ2n) is 6.62. The van der Waals surface area contributed by atoms with E-state index < -0.39 is 11.8 Å². The molecule has 1 radical (unpaired) electrons. The second-order valence-corrected chi connectivity index (χ2v) is 6.62. The van der Waals surface area contributed by atoms with Gasteiger partial charge in [0, 0.05) is 0 Å². The Kier molecular flexibility index (Phi) is 5.12. The molecule has 0 aromatic heterocycles. The van der Waals surface area contributed by atoms with E-state index in [9.17, 15) is 14.7 Å². The van der Waals surface area contributed by atoms with Gasteiger partial charge < -0.3 is 9.47 Å². The molecule has 0 aliphatic carbocycles. The molecule has 0 spiro atoms. The summed E-state index contributed by atoms with van der Waals surface area (Å²) >= 11 is 0. The van der Waals surface area contributed by atoms with Crippen LogP contribution in [0, 0.1) is 0 Å². The number of amides is 2. The number of carbonyl (C=O) groups excluding carboxylic acids is 2. The van der Waals surface area contributed by atoms with Crippen LogP contribution in [0.3, 0.4) is 0 Å². The normalized spacial score (nSPS) is 12.8. The Hall–Kier alpha value is -3.84. The molecule has 0 atom stereocenters. The minimum Gasteiger partial charge on any atom is -0.493 e. The highest BCUT2D eigenvalue weighted by Gasteiger charge is 2.39. The topological polar surface area (TPSA) is 85.0 Å². The molecular formula is C23H18NO6. The van der Waals surface area contributed by atoms with Crippen molar-refractivity contribution in [1.29, 1.82) is 0 Å². The summed E-state index contributed by atoms with van der Waals surface area (Å²) in [6.45, 7) is -0.0164. The third-order valence-corrected chi connectivity index (χ3v) is 4.86. The number of rotatable bonds is 6. The predicted molar refractivity (Wildman–Crippen MR) is 107 cm³/mol. The minimum atomic E-state index is -0.541. The Bertz CT molecular complexity index is 1120. The maximum absolute atomic E-state index is 13.0. The van der Waals surface area contributed by atoms with E-state index in [1.165, 1.54) is 19.2 Å². The van der Waals surface area contributed by atoms with Crippen LogP contribution in [0.15, 0.2) is 60.7 Å². The van der Waals surface area contributed by atoms with E-state index in [0.29, 0.717) is 28.2 Å². The monoisotopic (exact) mass is 404 g/mol. The van der Waals surface area contributed by atoms with Crippen LogP contribution in [0.25, 0.3) is 11.1 Å². The third-order valence-electron chi connectivity index (χ3n) is 4.86. The number of hydroxylamine groups is 2. The van der Waals surface area contributed by atoms with Gasteiger partial charge in [0.05, 0.1) is 25.3 Å². The van der Waals surface area contributed by atoms with Gasteiger partial charge in [0.15, 0.2) is 17.2 Å². The number of hydrogen-bond donors (Lipinski definition) is 0. The fourth-order valence-electron chi connectivity index (χ4n) is 3.35. The quantitative estimate of drug-likeness (QED) is 0.574. The van der Waals surface area contributed by atoms with Crippen LogP contribution in [0.4, 0.5) is 0 Å². The van der Waals surface area contributed by atoms with Gasteiger partial charge in [-0.3, -0.25) is 19.5 Å². The molecule has 3 aromatic rings. The van der Waals surface area contributed by atoms with Crippen molar-refractivity contribution in [2.45, 2.75) is 6.61 Å². The lowest BCUT2D eigenvalue weighted by Gasteiger charge is -2.14. The highest BCUT2D eigenvalue weighted by molar-refractivity contribution is 6.23. The van der Waals surface area contributed by atoms with E-state index in [2.05, 4.69) is 0 Å². The van der Waals surface area contributed by atoms with Crippen molar-refractivity contribution in [1.82, 2.24) is 5.06 Å². The summed E-state index contributed by atoms with van der Waals surface area (Å²) in [5, 5.41) is 12.0. The Morgan fingerprint density at radius 3 is 2.20 bits per heavy atom. The number of imide groups is 1. The first kappa shape index (κ1) is 19.5. The number of methoxy groups -OCH3 is 2. The Balaban J connectivity index is 1.65. The first-order valence-corrected chi connectivity index (χ1v) is 9.16. The molecule has 1 heterocycles. The molecule has 7 nitrogen and oxygen atoms in total. The van der Waals surface area contributed by atoms with Crippen LogP contribution in [-0.2, 0) is 16.6 Å². The molecule has 0 bridgehead atoms. The minimum absolute atomic E-state index is 0.0164. The van der Waals surface area contributed by atoms with Crippen molar-refractivity contribution in [3.63, 3.8) is 0 Å². The zero-order valence-corrected chi connectivity index (χ0v) is 16.4.